The largest absolute Gasteiger partial charge is 0.389 e. The zero-order valence-electron chi connectivity index (χ0n) is 8.88. The Hall–Kier alpha value is -1.57. The maximum atomic E-state index is 11.7. The van der Waals surface area contributed by atoms with Crippen LogP contribution in [0, 0.1) is 0 Å². The Kier molecular flexibility index (Phi) is 3.85. The fourth-order valence-electron chi connectivity index (χ4n) is 1.25. The number of carbonyl (C=O) groups excluding carboxylic acids is 1. The topological polar surface area (TPSA) is 80.9 Å². The van der Waals surface area contributed by atoms with Crippen LogP contribution in [0.1, 0.15) is 15.2 Å². The van der Waals surface area contributed by atoms with Crippen LogP contribution < -0.4 is 11.1 Å². The number of benzene rings is 1. The van der Waals surface area contributed by atoms with Gasteiger partial charge in [0.1, 0.15) is 9.87 Å². The second kappa shape index (κ2) is 5.38. The van der Waals surface area contributed by atoms with Gasteiger partial charge in [0, 0.05) is 11.3 Å². The molecule has 18 heavy (non-hydrogen) atoms. The van der Waals surface area contributed by atoms with Gasteiger partial charge in [-0.1, -0.05) is 28.3 Å². The minimum absolute atomic E-state index is 0.213. The van der Waals surface area contributed by atoms with Crippen LogP contribution in [-0.4, -0.2) is 20.5 Å². The number of aromatic nitrogens is 2. The van der Waals surface area contributed by atoms with Crippen LogP contribution >= 0.6 is 35.4 Å². The van der Waals surface area contributed by atoms with E-state index in [1.807, 2.05) is 0 Å². The number of nitrogens with one attached hydrogen (secondary N) is 1. The second-order valence-electron chi connectivity index (χ2n) is 3.29. The van der Waals surface area contributed by atoms with E-state index in [0.717, 1.165) is 11.5 Å². The van der Waals surface area contributed by atoms with Crippen LogP contribution in [0.5, 0.6) is 0 Å². The van der Waals surface area contributed by atoms with Gasteiger partial charge in [0.05, 0.1) is 11.2 Å². The summed E-state index contributed by atoms with van der Waals surface area (Å²) in [7, 11) is 0. The lowest BCUT2D eigenvalue weighted by atomic mass is 10.2. The summed E-state index contributed by atoms with van der Waals surface area (Å²) < 4.78 is 3.61. The number of rotatable bonds is 3. The summed E-state index contributed by atoms with van der Waals surface area (Å²) >= 11 is 11.8. The van der Waals surface area contributed by atoms with Crippen LogP contribution in [0.3, 0.4) is 0 Å². The van der Waals surface area contributed by atoms with E-state index in [1.54, 1.807) is 18.2 Å². The number of nitrogens with two attached hydrogens (primary N) is 1. The van der Waals surface area contributed by atoms with Gasteiger partial charge in [-0.3, -0.25) is 4.79 Å². The highest BCUT2D eigenvalue weighted by atomic mass is 35.5. The first-order valence-electron chi connectivity index (χ1n) is 4.76. The summed E-state index contributed by atoms with van der Waals surface area (Å²) in [6.07, 6.45) is 1.39. The minimum atomic E-state index is -0.288. The molecule has 0 aliphatic carbocycles. The highest BCUT2D eigenvalue weighted by molar-refractivity contribution is 7.80. The van der Waals surface area contributed by atoms with Gasteiger partial charge in [0.2, 0.25) is 0 Å². The first kappa shape index (κ1) is 12.9. The predicted molar refractivity (Wildman–Crippen MR) is 75.2 cm³/mol. The molecule has 5 nitrogen and oxygen atoms in total. The number of hydrogen-bond acceptors (Lipinski definition) is 5. The number of carbonyl (C=O) groups is 1. The maximum absolute atomic E-state index is 11.7. The van der Waals surface area contributed by atoms with Gasteiger partial charge in [-0.15, -0.1) is 5.10 Å². The highest BCUT2D eigenvalue weighted by Gasteiger charge is 2.10. The molecule has 2 aromatic rings. The van der Waals surface area contributed by atoms with Crippen LogP contribution in [0.15, 0.2) is 24.4 Å². The molecule has 0 unspecified atom stereocenters. The minimum Gasteiger partial charge on any atom is -0.389 e. The lowest BCUT2D eigenvalue weighted by molar-refractivity contribution is 0.103. The summed E-state index contributed by atoms with van der Waals surface area (Å²) in [5, 5.41) is 6.65. The average molecular weight is 299 g/mol. The Morgan fingerprint density at radius 3 is 2.83 bits per heavy atom. The third kappa shape index (κ3) is 2.81. The number of halogens is 1. The standard InChI is InChI=1S/C10H7ClN4OS2/c11-7-3-5(1-2-6(7)9(12)17)14-10(16)8-4-13-15-18-8/h1-4H,(H2,12,17)(H,14,16). The van der Waals surface area contributed by atoms with Crippen molar-refractivity contribution in [3.05, 3.63) is 39.9 Å². The molecule has 1 aromatic carbocycles. The SMILES string of the molecule is NC(=S)c1ccc(NC(=O)c2cnns2)cc1Cl. The molecular formula is C10H7ClN4OS2. The summed E-state index contributed by atoms with van der Waals surface area (Å²) in [5.74, 6) is -0.288. The maximum Gasteiger partial charge on any atom is 0.269 e. The normalized spacial score (nSPS) is 10.1. The monoisotopic (exact) mass is 298 g/mol. The van der Waals surface area contributed by atoms with Crippen LogP contribution in [0.4, 0.5) is 5.69 Å². The second-order valence-corrected chi connectivity index (χ2v) is 4.93. The van der Waals surface area contributed by atoms with Crippen molar-refractivity contribution < 1.29 is 4.79 Å². The number of thiocarbonyl (C=S) groups is 1. The Balaban J connectivity index is 2.18. The van der Waals surface area contributed by atoms with Gasteiger partial charge in [0.25, 0.3) is 5.91 Å². The number of nitrogens with zero attached hydrogens (tertiary/aromatic N) is 2. The quantitative estimate of drug-likeness (QED) is 0.848. The molecule has 0 bridgehead atoms. The molecule has 0 spiro atoms. The first-order valence-corrected chi connectivity index (χ1v) is 6.32. The van der Waals surface area contributed by atoms with Crippen molar-refractivity contribution in [3.63, 3.8) is 0 Å². The molecule has 0 aliphatic rings. The lowest BCUT2D eigenvalue weighted by Gasteiger charge is -2.06. The van der Waals surface area contributed by atoms with E-state index in [0.29, 0.717) is 21.2 Å². The molecule has 92 valence electrons. The van der Waals surface area contributed by atoms with Gasteiger partial charge in [-0.2, -0.15) is 0 Å². The van der Waals surface area contributed by atoms with Crippen molar-refractivity contribution in [1.82, 2.24) is 9.59 Å². The van der Waals surface area contributed by atoms with Crippen molar-refractivity contribution in [2.24, 2.45) is 5.73 Å². The van der Waals surface area contributed by atoms with Gasteiger partial charge in [-0.05, 0) is 29.7 Å². The number of anilines is 1. The summed E-state index contributed by atoms with van der Waals surface area (Å²) in [5.41, 5.74) is 6.62. The van der Waals surface area contributed by atoms with Crippen LogP contribution in [0.25, 0.3) is 0 Å². The molecule has 0 atom stereocenters. The predicted octanol–water partition coefficient (Wildman–Crippen LogP) is 2.08. The molecule has 0 radical (unpaired) electrons. The van der Waals surface area contributed by atoms with Gasteiger partial charge in [0.15, 0.2) is 0 Å². The molecule has 0 saturated carbocycles. The van der Waals surface area contributed by atoms with Gasteiger partial charge < -0.3 is 11.1 Å². The van der Waals surface area contributed by atoms with Crippen LogP contribution in [0.2, 0.25) is 5.02 Å². The molecule has 1 aromatic heterocycles. The summed E-state index contributed by atoms with van der Waals surface area (Å²) in [4.78, 5) is 12.4. The fourth-order valence-corrected chi connectivity index (χ4v) is 2.18. The van der Waals surface area contributed by atoms with Gasteiger partial charge >= 0.3 is 0 Å². The van der Waals surface area contributed by atoms with E-state index >= 15 is 0 Å². The van der Waals surface area contributed by atoms with Crippen molar-refractivity contribution in [3.8, 4) is 0 Å². The molecule has 2 rings (SSSR count). The summed E-state index contributed by atoms with van der Waals surface area (Å²) in [6, 6.07) is 4.92. The average Bonchev–Trinajstić information content (AvgIpc) is 2.81. The first-order chi connectivity index (χ1) is 8.58. The van der Waals surface area contributed by atoms with E-state index < -0.39 is 0 Å². The molecule has 0 saturated heterocycles. The third-order valence-corrected chi connectivity index (χ3v) is 3.27. The van der Waals surface area contributed by atoms with Crippen molar-refractivity contribution >= 4 is 51.9 Å². The Bertz CT molecular complexity index is 600. The lowest BCUT2D eigenvalue weighted by Crippen LogP contribution is -2.12. The van der Waals surface area contributed by atoms with Crippen molar-refractivity contribution in [2.75, 3.05) is 5.32 Å². The molecule has 1 amide bonds. The van der Waals surface area contributed by atoms with Crippen molar-refractivity contribution in [2.45, 2.75) is 0 Å². The highest BCUT2D eigenvalue weighted by Crippen LogP contribution is 2.21. The third-order valence-electron chi connectivity index (χ3n) is 2.08. The van der Waals surface area contributed by atoms with Crippen molar-refractivity contribution in [1.29, 1.82) is 0 Å². The van der Waals surface area contributed by atoms with E-state index in [2.05, 4.69) is 14.9 Å². The molecule has 3 N–H and O–H groups in total. The smallest absolute Gasteiger partial charge is 0.269 e. The van der Waals surface area contributed by atoms with E-state index in [4.69, 9.17) is 29.6 Å². The zero-order chi connectivity index (χ0) is 13.1. The summed E-state index contributed by atoms with van der Waals surface area (Å²) in [6.45, 7) is 0. The Morgan fingerprint density at radius 2 is 2.28 bits per heavy atom. The van der Waals surface area contributed by atoms with Crippen LogP contribution in [-0.2, 0) is 0 Å². The fraction of sp³-hybridized carbons (Fsp3) is 0. The Labute approximate surface area is 117 Å². The number of hydrogen-bond donors (Lipinski definition) is 2. The Morgan fingerprint density at radius 1 is 1.50 bits per heavy atom. The number of amides is 1. The molecular weight excluding hydrogens is 292 g/mol. The molecule has 0 fully saturated rings. The molecule has 0 aliphatic heterocycles. The molecule has 8 heteroatoms. The van der Waals surface area contributed by atoms with E-state index in [-0.39, 0.29) is 10.9 Å². The zero-order valence-corrected chi connectivity index (χ0v) is 11.3. The van der Waals surface area contributed by atoms with E-state index in [9.17, 15) is 4.79 Å². The van der Waals surface area contributed by atoms with Gasteiger partial charge in [-0.25, -0.2) is 0 Å². The van der Waals surface area contributed by atoms with E-state index in [1.165, 1.54) is 6.20 Å². The molecule has 1 heterocycles.